The van der Waals surface area contributed by atoms with Crippen molar-refractivity contribution in [2.45, 2.75) is 39.8 Å². The predicted molar refractivity (Wildman–Crippen MR) is 87.9 cm³/mol. The van der Waals surface area contributed by atoms with Crippen molar-refractivity contribution >= 4 is 23.9 Å². The van der Waals surface area contributed by atoms with Gasteiger partial charge < -0.3 is 14.8 Å². The normalized spacial score (nSPS) is 14.1. The highest BCUT2D eigenvalue weighted by Crippen LogP contribution is 2.23. The van der Waals surface area contributed by atoms with Gasteiger partial charge in [0.25, 0.3) is 0 Å². The number of benzene rings is 1. The summed E-state index contributed by atoms with van der Waals surface area (Å²) in [4.78, 5) is 46.3. The van der Waals surface area contributed by atoms with Crippen LogP contribution < -0.4 is 5.32 Å². The summed E-state index contributed by atoms with van der Waals surface area (Å²) in [5, 5.41) is 2.42. The number of amides is 1. The topological polar surface area (TPSA) is 89.5 Å². The summed E-state index contributed by atoms with van der Waals surface area (Å²) in [6, 6.07) is 8.33. The minimum Gasteiger partial charge on any atom is -0.461 e. The molecule has 0 spiro atoms. The van der Waals surface area contributed by atoms with Crippen molar-refractivity contribution in [3.63, 3.8) is 0 Å². The van der Waals surface area contributed by atoms with E-state index in [1.54, 1.807) is 6.92 Å². The molecule has 6 heteroatoms. The molecule has 0 fully saturated rings. The predicted octanol–water partition coefficient (Wildman–Crippen LogP) is 1.66. The van der Waals surface area contributed by atoms with Gasteiger partial charge in [0, 0.05) is 6.42 Å². The van der Waals surface area contributed by atoms with E-state index in [1.807, 2.05) is 30.3 Å². The molecule has 2 unspecified atom stereocenters. The van der Waals surface area contributed by atoms with Crippen molar-refractivity contribution in [1.29, 1.82) is 0 Å². The molecule has 0 heterocycles. The highest BCUT2D eigenvalue weighted by Gasteiger charge is 2.35. The highest BCUT2D eigenvalue weighted by molar-refractivity contribution is 5.87. The fourth-order valence-corrected chi connectivity index (χ4v) is 2.57. The first-order valence-corrected chi connectivity index (χ1v) is 7.77. The Labute approximate surface area is 141 Å². The maximum absolute atomic E-state index is 12.4. The largest absolute Gasteiger partial charge is 0.461 e. The lowest BCUT2D eigenvalue weighted by Gasteiger charge is -2.27. The van der Waals surface area contributed by atoms with Crippen molar-refractivity contribution < 1.29 is 23.9 Å². The zero-order valence-electron chi connectivity index (χ0n) is 14.2. The Kier molecular flexibility index (Phi) is 7.82. The summed E-state index contributed by atoms with van der Waals surface area (Å²) in [5.41, 5.74) is 0.828. The van der Waals surface area contributed by atoms with E-state index in [9.17, 15) is 19.2 Å². The molecule has 3 atom stereocenters. The number of rotatable bonds is 10. The van der Waals surface area contributed by atoms with Gasteiger partial charge in [0.2, 0.25) is 6.41 Å². The average molecular weight is 333 g/mol. The molecule has 0 saturated carbocycles. The average Bonchev–Trinajstić information content (AvgIpc) is 2.55. The third-order valence-corrected chi connectivity index (χ3v) is 3.88. The van der Waals surface area contributed by atoms with E-state index in [2.05, 4.69) is 5.32 Å². The van der Waals surface area contributed by atoms with Gasteiger partial charge in [-0.25, -0.2) is 0 Å². The fraction of sp³-hybridized carbons (Fsp3) is 0.444. The second kappa shape index (κ2) is 9.60. The van der Waals surface area contributed by atoms with Gasteiger partial charge in [-0.2, -0.15) is 0 Å². The number of ketones is 2. The summed E-state index contributed by atoms with van der Waals surface area (Å²) in [6.45, 7) is 4.45. The van der Waals surface area contributed by atoms with E-state index in [4.69, 9.17) is 4.74 Å². The summed E-state index contributed by atoms with van der Waals surface area (Å²) in [5.74, 6) is -2.37. The van der Waals surface area contributed by atoms with Crippen molar-refractivity contribution in [3.8, 4) is 0 Å². The number of carbonyl (C=O) groups is 4. The summed E-state index contributed by atoms with van der Waals surface area (Å²) >= 11 is 0. The Bertz CT molecular complexity index is 584. The number of carbonyl (C=O) groups excluding carboxylic acids is 4. The Morgan fingerprint density at radius 1 is 1.17 bits per heavy atom. The molecule has 1 aromatic carbocycles. The molecule has 0 saturated heterocycles. The van der Waals surface area contributed by atoms with Gasteiger partial charge in [0.05, 0.1) is 12.0 Å². The molecule has 6 nitrogen and oxygen atoms in total. The number of esters is 1. The van der Waals surface area contributed by atoms with Gasteiger partial charge >= 0.3 is 5.97 Å². The van der Waals surface area contributed by atoms with Crippen molar-refractivity contribution in [2.24, 2.45) is 11.8 Å². The first-order valence-electron chi connectivity index (χ1n) is 7.77. The van der Waals surface area contributed by atoms with Crippen LogP contribution in [0.5, 0.6) is 0 Å². The number of hydrogen-bond donors (Lipinski definition) is 1. The Balaban J connectivity index is 2.85. The van der Waals surface area contributed by atoms with Crippen LogP contribution in [0.1, 0.15) is 32.8 Å². The zero-order chi connectivity index (χ0) is 18.1. The van der Waals surface area contributed by atoms with E-state index < -0.39 is 23.8 Å². The van der Waals surface area contributed by atoms with Crippen LogP contribution in [-0.4, -0.2) is 30.0 Å². The molecule has 24 heavy (non-hydrogen) atoms. The Hall–Kier alpha value is -2.50. The second-order valence-electron chi connectivity index (χ2n) is 5.84. The highest BCUT2D eigenvalue weighted by atomic mass is 16.5. The van der Waals surface area contributed by atoms with Crippen LogP contribution in [0.25, 0.3) is 0 Å². The van der Waals surface area contributed by atoms with Gasteiger partial charge in [-0.1, -0.05) is 37.3 Å². The molecule has 1 rings (SSSR count). The molecule has 1 amide bonds. The van der Waals surface area contributed by atoms with E-state index in [-0.39, 0.29) is 24.6 Å². The lowest BCUT2D eigenvalue weighted by Crippen LogP contribution is -2.45. The van der Waals surface area contributed by atoms with Crippen LogP contribution in [0.3, 0.4) is 0 Å². The first kappa shape index (κ1) is 19.5. The smallest absolute Gasteiger partial charge is 0.310 e. The van der Waals surface area contributed by atoms with Crippen molar-refractivity contribution in [2.75, 3.05) is 0 Å². The van der Waals surface area contributed by atoms with Crippen LogP contribution in [0.2, 0.25) is 0 Å². The molecule has 0 radical (unpaired) electrons. The molecule has 1 aromatic rings. The molecule has 0 aliphatic rings. The van der Waals surface area contributed by atoms with Gasteiger partial charge in [-0.15, -0.1) is 0 Å². The molecular weight excluding hydrogens is 310 g/mol. The monoisotopic (exact) mass is 333 g/mol. The van der Waals surface area contributed by atoms with Crippen LogP contribution in [0.4, 0.5) is 0 Å². The van der Waals surface area contributed by atoms with E-state index in [0.29, 0.717) is 6.41 Å². The van der Waals surface area contributed by atoms with Crippen molar-refractivity contribution in [1.82, 2.24) is 5.32 Å². The molecular formula is C18H23NO5. The molecule has 0 aromatic heterocycles. The number of nitrogens with one attached hydrogen (secondary N) is 1. The summed E-state index contributed by atoms with van der Waals surface area (Å²) in [7, 11) is 0. The van der Waals surface area contributed by atoms with E-state index in [1.165, 1.54) is 13.8 Å². The van der Waals surface area contributed by atoms with Crippen LogP contribution in [-0.2, 0) is 30.5 Å². The standard InChI is InChI=1S/C18H23NO5/c1-12(21)9-16(13(2)17(14(3)22)19-11-20)18(23)24-10-15-7-5-4-6-8-15/h4-8,11,13,16-17H,9-10H2,1-3H3,(H,19,20)/t13?,16?,17-/m0/s1. The number of hydrogen-bond acceptors (Lipinski definition) is 5. The Morgan fingerprint density at radius 2 is 1.79 bits per heavy atom. The lowest BCUT2D eigenvalue weighted by molar-refractivity contribution is -0.154. The van der Waals surface area contributed by atoms with Crippen LogP contribution >= 0.6 is 0 Å². The minimum atomic E-state index is -0.837. The fourth-order valence-electron chi connectivity index (χ4n) is 2.57. The summed E-state index contributed by atoms with van der Waals surface area (Å²) < 4.78 is 5.30. The van der Waals surface area contributed by atoms with E-state index >= 15 is 0 Å². The van der Waals surface area contributed by atoms with Gasteiger partial charge in [-0.3, -0.25) is 14.4 Å². The molecule has 130 valence electrons. The number of ether oxygens (including phenoxy) is 1. The third-order valence-electron chi connectivity index (χ3n) is 3.88. The molecule has 1 N–H and O–H groups in total. The minimum absolute atomic E-state index is 0.0426. The quantitative estimate of drug-likeness (QED) is 0.519. The van der Waals surface area contributed by atoms with Gasteiger partial charge in [0.1, 0.15) is 12.4 Å². The second-order valence-corrected chi connectivity index (χ2v) is 5.84. The van der Waals surface area contributed by atoms with Crippen molar-refractivity contribution in [3.05, 3.63) is 35.9 Å². The zero-order valence-corrected chi connectivity index (χ0v) is 14.2. The SMILES string of the molecule is CC(=O)CC(C(=O)OCc1ccccc1)C(C)[C@H](NC=O)C(C)=O. The van der Waals surface area contributed by atoms with Gasteiger partial charge in [-0.05, 0) is 25.3 Å². The summed E-state index contributed by atoms with van der Waals surface area (Å²) in [6.07, 6.45) is 0.377. The van der Waals surface area contributed by atoms with E-state index in [0.717, 1.165) is 5.56 Å². The third kappa shape index (κ3) is 5.95. The van der Waals surface area contributed by atoms with Gasteiger partial charge in [0.15, 0.2) is 5.78 Å². The maximum atomic E-state index is 12.4. The maximum Gasteiger partial charge on any atom is 0.310 e. The molecule has 0 aliphatic heterocycles. The Morgan fingerprint density at radius 3 is 2.29 bits per heavy atom. The number of Topliss-reactive ketones (excluding diaryl/α,β-unsaturated/α-hetero) is 2. The molecule has 0 bridgehead atoms. The lowest BCUT2D eigenvalue weighted by atomic mass is 9.83. The van der Waals surface area contributed by atoms with Crippen LogP contribution in [0, 0.1) is 11.8 Å². The molecule has 0 aliphatic carbocycles. The first-order chi connectivity index (χ1) is 11.4. The van der Waals surface area contributed by atoms with Crippen LogP contribution in [0.15, 0.2) is 30.3 Å².